The molecule has 0 amide bonds. The highest BCUT2D eigenvalue weighted by Gasteiger charge is 2.26. The van der Waals surface area contributed by atoms with Crippen molar-refractivity contribution in [2.45, 2.75) is 20.3 Å². The molecule has 1 unspecified atom stereocenters. The third-order valence-electron chi connectivity index (χ3n) is 5.39. The molecule has 2 aliphatic rings. The Morgan fingerprint density at radius 1 is 1.07 bits per heavy atom. The maximum absolute atomic E-state index is 6.09. The number of nitrogens with zero attached hydrogens (tertiary/aromatic N) is 1. The summed E-state index contributed by atoms with van der Waals surface area (Å²) in [5.74, 6) is 1.81. The van der Waals surface area contributed by atoms with Crippen LogP contribution in [0.4, 0.5) is 11.4 Å². The van der Waals surface area contributed by atoms with Gasteiger partial charge >= 0.3 is 0 Å². The molecular weight excluding hydrogens is 358 g/mol. The number of anilines is 1. The number of rotatable bonds is 5. The van der Waals surface area contributed by atoms with Crippen molar-refractivity contribution in [1.82, 2.24) is 0 Å². The average Bonchev–Trinajstić information content (AvgIpc) is 3.06. The van der Waals surface area contributed by atoms with Crippen molar-refractivity contribution >= 4 is 16.9 Å². The summed E-state index contributed by atoms with van der Waals surface area (Å²) in [5.41, 5.74) is 5.09. The lowest BCUT2D eigenvalue weighted by atomic mass is 9.98. The minimum absolute atomic E-state index is 0.886. The van der Waals surface area contributed by atoms with E-state index >= 15 is 0 Å². The quantitative estimate of drug-likeness (QED) is 0.815. The molecule has 0 spiro atoms. The molecule has 0 fully saturated rings. The van der Waals surface area contributed by atoms with E-state index in [0.717, 1.165) is 23.9 Å². The Morgan fingerprint density at radius 2 is 1.79 bits per heavy atom. The van der Waals surface area contributed by atoms with E-state index in [9.17, 15) is 0 Å². The summed E-state index contributed by atoms with van der Waals surface area (Å²) in [6.45, 7) is 7.41. The number of nitrogens with one attached hydrogen (secondary N) is 2. The SMILES string of the molecule is CC.CN1/C(=C/C2=CC[NH+](CCC[NH+](C)C)c3ccccc32)Oc2ccccc21. The zero-order valence-corrected chi connectivity index (χ0v) is 18.5. The van der Waals surface area contributed by atoms with Crippen molar-refractivity contribution in [2.24, 2.45) is 0 Å². The molecule has 4 rings (SSSR count). The van der Waals surface area contributed by atoms with Crippen molar-refractivity contribution in [3.8, 4) is 5.75 Å². The monoisotopic (exact) mass is 393 g/mol. The van der Waals surface area contributed by atoms with Crippen molar-refractivity contribution in [2.75, 3.05) is 45.7 Å². The van der Waals surface area contributed by atoms with Crippen LogP contribution in [0.15, 0.2) is 66.6 Å². The highest BCUT2D eigenvalue weighted by molar-refractivity contribution is 5.82. The highest BCUT2D eigenvalue weighted by Crippen LogP contribution is 2.38. The molecule has 0 aliphatic carbocycles. The Labute approximate surface area is 175 Å². The molecule has 2 aliphatic heterocycles. The fourth-order valence-corrected chi connectivity index (χ4v) is 3.90. The van der Waals surface area contributed by atoms with Crippen LogP contribution in [0.25, 0.3) is 5.57 Å². The largest absolute Gasteiger partial charge is 0.439 e. The minimum atomic E-state index is 0.886. The van der Waals surface area contributed by atoms with E-state index in [-0.39, 0.29) is 0 Å². The Morgan fingerprint density at radius 3 is 2.55 bits per heavy atom. The average molecular weight is 394 g/mol. The number of hydrogen-bond acceptors (Lipinski definition) is 2. The third-order valence-corrected chi connectivity index (χ3v) is 5.39. The van der Waals surface area contributed by atoms with E-state index in [1.54, 1.807) is 4.90 Å². The number of para-hydroxylation sites is 3. The zero-order chi connectivity index (χ0) is 20.8. The first-order valence-corrected chi connectivity index (χ1v) is 10.8. The van der Waals surface area contributed by atoms with Gasteiger partial charge in [0, 0.05) is 25.1 Å². The first kappa shape index (κ1) is 21.2. The molecule has 4 nitrogen and oxygen atoms in total. The van der Waals surface area contributed by atoms with E-state index in [0.29, 0.717) is 0 Å². The van der Waals surface area contributed by atoms with E-state index in [1.165, 1.54) is 41.2 Å². The fraction of sp³-hybridized carbons (Fsp3) is 0.360. The van der Waals surface area contributed by atoms with Gasteiger partial charge in [0.2, 0.25) is 5.88 Å². The van der Waals surface area contributed by atoms with Crippen LogP contribution in [0.3, 0.4) is 0 Å². The lowest BCUT2D eigenvalue weighted by Crippen LogP contribution is -3.10. The predicted molar refractivity (Wildman–Crippen MR) is 122 cm³/mol. The zero-order valence-electron chi connectivity index (χ0n) is 18.5. The van der Waals surface area contributed by atoms with Crippen LogP contribution in [0.1, 0.15) is 25.8 Å². The van der Waals surface area contributed by atoms with Crippen molar-refractivity contribution in [3.63, 3.8) is 0 Å². The lowest BCUT2D eigenvalue weighted by Gasteiger charge is -2.25. The molecule has 0 saturated carbocycles. The second kappa shape index (κ2) is 9.77. The molecule has 1 atom stereocenters. The predicted octanol–water partition coefficient (Wildman–Crippen LogP) is 2.53. The molecule has 0 saturated heterocycles. The second-order valence-electron chi connectivity index (χ2n) is 7.68. The summed E-state index contributed by atoms with van der Waals surface area (Å²) in [7, 11) is 6.51. The normalized spacial score (nSPS) is 18.6. The Bertz CT molecular complexity index is 885. The molecule has 4 heteroatoms. The molecule has 0 aromatic heterocycles. The number of quaternary nitrogens is 2. The number of ether oxygens (including phenoxy) is 1. The van der Waals surface area contributed by atoms with Crippen LogP contribution >= 0.6 is 0 Å². The minimum Gasteiger partial charge on any atom is -0.439 e. The molecule has 154 valence electrons. The van der Waals surface area contributed by atoms with E-state index in [4.69, 9.17) is 4.74 Å². The standard InChI is InChI=1S/C23H27N3O.C2H6/c1-24(2)14-8-15-26-16-13-18(19-9-4-5-10-20(19)26)17-23-25(3)21-11-6-7-12-22(21)27-23;1-2/h4-7,9-13,17H,8,14-16H2,1-3H3;1-2H3/p+2/b23-17-;. The van der Waals surface area contributed by atoms with Crippen molar-refractivity contribution < 1.29 is 14.5 Å². The van der Waals surface area contributed by atoms with Crippen LogP contribution < -0.4 is 19.4 Å². The molecule has 2 N–H and O–H groups in total. The summed E-state index contributed by atoms with van der Waals surface area (Å²) in [5, 5.41) is 0. The molecule has 2 aromatic carbocycles. The molecule has 2 aromatic rings. The van der Waals surface area contributed by atoms with Crippen LogP contribution in [0, 0.1) is 0 Å². The maximum atomic E-state index is 6.09. The van der Waals surface area contributed by atoms with Crippen molar-refractivity contribution in [3.05, 3.63) is 72.1 Å². The summed E-state index contributed by atoms with van der Waals surface area (Å²) in [4.78, 5) is 5.19. The maximum Gasteiger partial charge on any atom is 0.201 e. The van der Waals surface area contributed by atoms with Gasteiger partial charge < -0.3 is 14.5 Å². The molecule has 0 radical (unpaired) electrons. The van der Waals surface area contributed by atoms with Crippen molar-refractivity contribution in [1.29, 1.82) is 0 Å². The first-order valence-electron chi connectivity index (χ1n) is 10.8. The molecule has 0 bridgehead atoms. The Balaban J connectivity index is 0.00000117. The van der Waals surface area contributed by atoms with Crippen LogP contribution in [-0.2, 0) is 0 Å². The smallest absolute Gasteiger partial charge is 0.201 e. The van der Waals surface area contributed by atoms with Gasteiger partial charge in [-0.1, -0.05) is 38.1 Å². The number of benzene rings is 2. The van der Waals surface area contributed by atoms with Gasteiger partial charge in [0.1, 0.15) is 12.2 Å². The number of hydrogen-bond donors (Lipinski definition) is 2. The van der Waals surface area contributed by atoms with Crippen LogP contribution in [0.5, 0.6) is 5.75 Å². The van der Waals surface area contributed by atoms with Gasteiger partial charge in [-0.15, -0.1) is 0 Å². The summed E-state index contributed by atoms with van der Waals surface area (Å²) in [6.07, 6.45) is 5.77. The van der Waals surface area contributed by atoms with E-state index in [1.807, 2.05) is 32.0 Å². The molecule has 2 heterocycles. The topological polar surface area (TPSA) is 21.4 Å². The molecule has 29 heavy (non-hydrogen) atoms. The number of allylic oxidation sites excluding steroid dienone is 2. The lowest BCUT2D eigenvalue weighted by molar-refractivity contribution is -0.869. The molecular formula is C25H35N3O+2. The Kier molecular flexibility index (Phi) is 7.13. The second-order valence-corrected chi connectivity index (χ2v) is 7.68. The van der Waals surface area contributed by atoms with Gasteiger partial charge in [0.25, 0.3) is 0 Å². The number of fused-ring (bicyclic) bond motifs is 2. The van der Waals surface area contributed by atoms with Gasteiger partial charge in [-0.2, -0.15) is 0 Å². The Hall–Kier alpha value is -2.56. The van der Waals surface area contributed by atoms with Crippen LogP contribution in [0.2, 0.25) is 0 Å². The van der Waals surface area contributed by atoms with Gasteiger partial charge in [-0.3, -0.25) is 4.90 Å². The fourth-order valence-electron chi connectivity index (χ4n) is 3.90. The summed E-state index contributed by atoms with van der Waals surface area (Å²) >= 11 is 0. The van der Waals surface area contributed by atoms with Gasteiger partial charge in [-0.05, 0) is 35.9 Å². The van der Waals surface area contributed by atoms with E-state index < -0.39 is 0 Å². The summed E-state index contributed by atoms with van der Waals surface area (Å²) in [6, 6.07) is 17.0. The first-order chi connectivity index (χ1) is 14.1. The van der Waals surface area contributed by atoms with Crippen LogP contribution in [-0.4, -0.2) is 40.8 Å². The third kappa shape index (κ3) is 4.72. The van der Waals surface area contributed by atoms with Gasteiger partial charge in [-0.25, -0.2) is 0 Å². The highest BCUT2D eigenvalue weighted by atomic mass is 16.5. The summed E-state index contributed by atoms with van der Waals surface area (Å²) < 4.78 is 6.09. The van der Waals surface area contributed by atoms with Gasteiger partial charge in [0.05, 0.1) is 32.9 Å². The van der Waals surface area contributed by atoms with E-state index in [2.05, 4.69) is 68.5 Å². The van der Waals surface area contributed by atoms with Gasteiger partial charge in [0.15, 0.2) is 5.75 Å².